The van der Waals surface area contributed by atoms with Gasteiger partial charge in [0, 0.05) is 23.9 Å². The average molecular weight is 208 g/mol. The van der Waals surface area contributed by atoms with Crippen molar-refractivity contribution >= 4 is 17.6 Å². The van der Waals surface area contributed by atoms with Gasteiger partial charge in [0.05, 0.1) is 4.92 Å². The highest BCUT2D eigenvalue weighted by molar-refractivity contribution is 5.66. The smallest absolute Gasteiger partial charge is 0.314 e. The minimum Gasteiger partial charge on any atom is -0.378 e. The van der Waals surface area contributed by atoms with E-state index in [9.17, 15) is 10.1 Å². The minimum atomic E-state index is -0.530. The summed E-state index contributed by atoms with van der Waals surface area (Å²) >= 11 is 0. The first kappa shape index (κ1) is 11.1. The van der Waals surface area contributed by atoms with E-state index in [0.717, 1.165) is 0 Å². The lowest BCUT2D eigenvalue weighted by molar-refractivity contribution is -0.384. The van der Waals surface area contributed by atoms with E-state index in [0.29, 0.717) is 17.7 Å². The lowest BCUT2D eigenvalue weighted by atomic mass is 10.1. The van der Waals surface area contributed by atoms with Gasteiger partial charge >= 0.3 is 5.69 Å². The standard InChI is InChI=1S/C9H12N4O2/c1-6-7(3-2-4-10)5-12-9(11)8(6)13(14)15/h2-3,5H,4,10H2,1H3,(H2,11,12). The predicted octanol–water partition coefficient (Wildman–Crippen LogP) is 0.852. The van der Waals surface area contributed by atoms with Gasteiger partial charge in [-0.3, -0.25) is 10.1 Å². The maximum absolute atomic E-state index is 10.7. The van der Waals surface area contributed by atoms with Crippen LogP contribution in [-0.4, -0.2) is 16.5 Å². The fraction of sp³-hybridized carbons (Fsp3) is 0.222. The van der Waals surface area contributed by atoms with Crippen LogP contribution in [0.1, 0.15) is 11.1 Å². The molecule has 0 aliphatic carbocycles. The van der Waals surface area contributed by atoms with E-state index in [4.69, 9.17) is 11.5 Å². The van der Waals surface area contributed by atoms with Gasteiger partial charge in [-0.15, -0.1) is 0 Å². The number of hydrogen-bond acceptors (Lipinski definition) is 5. The molecule has 0 unspecified atom stereocenters. The first-order valence-electron chi connectivity index (χ1n) is 4.34. The highest BCUT2D eigenvalue weighted by atomic mass is 16.6. The van der Waals surface area contributed by atoms with Crippen LogP contribution in [0.5, 0.6) is 0 Å². The lowest BCUT2D eigenvalue weighted by Crippen LogP contribution is -2.02. The van der Waals surface area contributed by atoms with Gasteiger partial charge in [0.2, 0.25) is 5.82 Å². The third kappa shape index (κ3) is 2.29. The van der Waals surface area contributed by atoms with Crippen molar-refractivity contribution in [3.8, 4) is 0 Å². The first-order chi connectivity index (χ1) is 7.07. The number of nitro groups is 1. The molecule has 0 fully saturated rings. The second-order valence-corrected chi connectivity index (χ2v) is 2.97. The highest BCUT2D eigenvalue weighted by Gasteiger charge is 2.18. The normalized spacial score (nSPS) is 10.8. The van der Waals surface area contributed by atoms with Crippen LogP contribution in [0.25, 0.3) is 6.08 Å². The van der Waals surface area contributed by atoms with Gasteiger partial charge in [0.15, 0.2) is 0 Å². The molecule has 1 aromatic heterocycles. The van der Waals surface area contributed by atoms with Gasteiger partial charge in [-0.05, 0) is 6.92 Å². The van der Waals surface area contributed by atoms with Crippen molar-refractivity contribution in [2.75, 3.05) is 12.3 Å². The molecule has 0 aromatic carbocycles. The van der Waals surface area contributed by atoms with Gasteiger partial charge in [-0.25, -0.2) is 4.98 Å². The van der Waals surface area contributed by atoms with Crippen molar-refractivity contribution < 1.29 is 4.92 Å². The number of nitrogen functional groups attached to an aromatic ring is 1. The van der Waals surface area contributed by atoms with E-state index in [-0.39, 0.29) is 11.5 Å². The van der Waals surface area contributed by atoms with E-state index < -0.39 is 4.92 Å². The monoisotopic (exact) mass is 208 g/mol. The van der Waals surface area contributed by atoms with Crippen molar-refractivity contribution in [3.05, 3.63) is 33.5 Å². The zero-order chi connectivity index (χ0) is 11.4. The molecule has 4 N–H and O–H groups in total. The van der Waals surface area contributed by atoms with Crippen LogP contribution in [0.15, 0.2) is 12.3 Å². The Hall–Kier alpha value is -1.95. The van der Waals surface area contributed by atoms with Gasteiger partial charge < -0.3 is 11.5 Å². The topological polar surface area (TPSA) is 108 Å². The Bertz CT molecular complexity index is 415. The Balaban J connectivity index is 3.28. The molecule has 0 atom stereocenters. The third-order valence-corrected chi connectivity index (χ3v) is 1.99. The fourth-order valence-corrected chi connectivity index (χ4v) is 1.22. The summed E-state index contributed by atoms with van der Waals surface area (Å²) in [6.07, 6.45) is 4.88. The summed E-state index contributed by atoms with van der Waals surface area (Å²) in [4.78, 5) is 13.9. The molecule has 15 heavy (non-hydrogen) atoms. The summed E-state index contributed by atoms with van der Waals surface area (Å²) in [5.41, 5.74) is 11.7. The first-order valence-corrected chi connectivity index (χ1v) is 4.34. The fourth-order valence-electron chi connectivity index (χ4n) is 1.22. The molecular weight excluding hydrogens is 196 g/mol. The molecule has 0 radical (unpaired) electrons. The SMILES string of the molecule is Cc1c(C=CCN)cnc(N)c1[N+](=O)[O-]. The number of nitrogens with two attached hydrogens (primary N) is 2. The zero-order valence-electron chi connectivity index (χ0n) is 8.30. The quantitative estimate of drug-likeness (QED) is 0.565. The molecular formula is C9H12N4O2. The van der Waals surface area contributed by atoms with Crippen LogP contribution in [-0.2, 0) is 0 Å². The molecule has 0 aliphatic rings. The van der Waals surface area contributed by atoms with Crippen molar-refractivity contribution in [2.45, 2.75) is 6.92 Å². The zero-order valence-corrected chi connectivity index (χ0v) is 8.30. The second kappa shape index (κ2) is 4.52. The summed E-state index contributed by atoms with van der Waals surface area (Å²) in [6.45, 7) is 2.00. The van der Waals surface area contributed by atoms with Crippen LogP contribution in [0.4, 0.5) is 11.5 Å². The van der Waals surface area contributed by atoms with Gasteiger partial charge in [-0.1, -0.05) is 12.2 Å². The van der Waals surface area contributed by atoms with Crippen molar-refractivity contribution in [1.82, 2.24) is 4.98 Å². The number of rotatable bonds is 3. The van der Waals surface area contributed by atoms with E-state index in [1.165, 1.54) is 6.20 Å². The highest BCUT2D eigenvalue weighted by Crippen LogP contribution is 2.26. The minimum absolute atomic E-state index is 0.0672. The molecule has 1 rings (SSSR count). The number of hydrogen-bond donors (Lipinski definition) is 2. The number of pyridine rings is 1. The van der Waals surface area contributed by atoms with E-state index in [1.54, 1.807) is 19.1 Å². The van der Waals surface area contributed by atoms with Crippen molar-refractivity contribution in [1.29, 1.82) is 0 Å². The van der Waals surface area contributed by atoms with Crippen LogP contribution in [0.2, 0.25) is 0 Å². The molecule has 1 heterocycles. The van der Waals surface area contributed by atoms with E-state index >= 15 is 0 Å². The molecule has 0 saturated carbocycles. The molecule has 0 bridgehead atoms. The predicted molar refractivity (Wildman–Crippen MR) is 58.1 cm³/mol. The van der Waals surface area contributed by atoms with Crippen LogP contribution in [0.3, 0.4) is 0 Å². The lowest BCUT2D eigenvalue weighted by Gasteiger charge is -2.03. The molecule has 6 heteroatoms. The Morgan fingerprint density at radius 2 is 2.33 bits per heavy atom. The van der Waals surface area contributed by atoms with E-state index in [1.807, 2.05) is 0 Å². The largest absolute Gasteiger partial charge is 0.378 e. The third-order valence-electron chi connectivity index (χ3n) is 1.99. The molecule has 0 spiro atoms. The number of anilines is 1. The maximum atomic E-state index is 10.7. The van der Waals surface area contributed by atoms with Gasteiger partial charge in [-0.2, -0.15) is 0 Å². The summed E-state index contributed by atoms with van der Waals surface area (Å²) in [7, 11) is 0. The van der Waals surface area contributed by atoms with Crippen LogP contribution < -0.4 is 11.5 Å². The Labute approximate surface area is 86.8 Å². The van der Waals surface area contributed by atoms with E-state index in [2.05, 4.69) is 4.98 Å². The van der Waals surface area contributed by atoms with Crippen LogP contribution >= 0.6 is 0 Å². The summed E-state index contributed by atoms with van der Waals surface area (Å²) in [6, 6.07) is 0. The van der Waals surface area contributed by atoms with Gasteiger partial charge in [0.1, 0.15) is 0 Å². The van der Waals surface area contributed by atoms with Crippen molar-refractivity contribution in [2.24, 2.45) is 5.73 Å². The Kier molecular flexibility index (Phi) is 3.35. The number of nitrogens with zero attached hydrogens (tertiary/aromatic N) is 2. The molecule has 0 aliphatic heterocycles. The molecule has 6 nitrogen and oxygen atoms in total. The summed E-state index contributed by atoms with van der Waals surface area (Å²) in [5, 5.41) is 10.7. The second-order valence-electron chi connectivity index (χ2n) is 2.97. The maximum Gasteiger partial charge on any atom is 0.314 e. The molecule has 1 aromatic rings. The van der Waals surface area contributed by atoms with Crippen LogP contribution in [0, 0.1) is 17.0 Å². The molecule has 0 saturated heterocycles. The summed E-state index contributed by atoms with van der Waals surface area (Å²) in [5.74, 6) is -0.0672. The Morgan fingerprint density at radius 1 is 1.67 bits per heavy atom. The van der Waals surface area contributed by atoms with Gasteiger partial charge in [0.25, 0.3) is 0 Å². The summed E-state index contributed by atoms with van der Waals surface area (Å²) < 4.78 is 0. The molecule has 0 amide bonds. The molecule has 80 valence electrons. The Morgan fingerprint density at radius 3 is 2.87 bits per heavy atom. The van der Waals surface area contributed by atoms with Crippen molar-refractivity contribution in [3.63, 3.8) is 0 Å². The number of aromatic nitrogens is 1. The average Bonchev–Trinajstić information content (AvgIpc) is 2.16.